The molecule has 0 fully saturated rings. The number of phenolic OH excluding ortho intramolecular Hbond substituents is 1. The maximum absolute atomic E-state index is 9.48. The zero-order valence-electron chi connectivity index (χ0n) is 11.1. The first kappa shape index (κ1) is 12.2. The highest BCUT2D eigenvalue weighted by molar-refractivity contribution is 5.40. The summed E-state index contributed by atoms with van der Waals surface area (Å²) >= 11 is 0. The van der Waals surface area contributed by atoms with Crippen molar-refractivity contribution in [1.82, 2.24) is 15.1 Å². The summed E-state index contributed by atoms with van der Waals surface area (Å²) < 4.78 is 1.84. The van der Waals surface area contributed by atoms with Gasteiger partial charge in [-0.2, -0.15) is 5.10 Å². The van der Waals surface area contributed by atoms with Crippen molar-refractivity contribution in [2.24, 2.45) is 7.05 Å². The Morgan fingerprint density at radius 3 is 3.11 bits per heavy atom. The van der Waals surface area contributed by atoms with Crippen LogP contribution >= 0.6 is 0 Å². The Morgan fingerprint density at radius 2 is 2.32 bits per heavy atom. The molecule has 4 heteroatoms. The van der Waals surface area contributed by atoms with Crippen LogP contribution < -0.4 is 5.32 Å². The van der Waals surface area contributed by atoms with E-state index in [0.717, 1.165) is 31.5 Å². The first-order chi connectivity index (χ1) is 9.22. The molecule has 100 valence electrons. The summed E-state index contributed by atoms with van der Waals surface area (Å²) in [6.45, 7) is 0.933. The second-order valence-corrected chi connectivity index (χ2v) is 5.16. The van der Waals surface area contributed by atoms with Crippen LogP contribution in [0.4, 0.5) is 0 Å². The van der Waals surface area contributed by atoms with Gasteiger partial charge in [0, 0.05) is 32.3 Å². The predicted octanol–water partition coefficient (Wildman–Crippen LogP) is 1.95. The third-order valence-corrected chi connectivity index (χ3v) is 3.75. The summed E-state index contributed by atoms with van der Waals surface area (Å²) in [5.74, 6) is 0.368. The number of hydrogen-bond donors (Lipinski definition) is 2. The third kappa shape index (κ3) is 2.63. The summed E-state index contributed by atoms with van der Waals surface area (Å²) in [6, 6.07) is 8.17. The second kappa shape index (κ2) is 5.05. The SMILES string of the molecule is Cn1ccc(CCNC2CCc3cc(O)ccc32)n1. The van der Waals surface area contributed by atoms with E-state index in [4.69, 9.17) is 0 Å². The van der Waals surface area contributed by atoms with E-state index in [1.165, 1.54) is 11.1 Å². The van der Waals surface area contributed by atoms with Gasteiger partial charge in [-0.15, -0.1) is 0 Å². The second-order valence-electron chi connectivity index (χ2n) is 5.16. The molecule has 0 aliphatic heterocycles. The summed E-state index contributed by atoms with van der Waals surface area (Å²) in [5.41, 5.74) is 3.73. The van der Waals surface area contributed by atoms with Gasteiger partial charge in [0.15, 0.2) is 0 Å². The summed E-state index contributed by atoms with van der Waals surface area (Å²) in [5, 5.41) is 17.4. The van der Waals surface area contributed by atoms with E-state index in [9.17, 15) is 5.11 Å². The van der Waals surface area contributed by atoms with E-state index < -0.39 is 0 Å². The largest absolute Gasteiger partial charge is 0.508 e. The van der Waals surface area contributed by atoms with Gasteiger partial charge in [-0.05, 0) is 42.2 Å². The lowest BCUT2D eigenvalue weighted by Crippen LogP contribution is -2.22. The number of nitrogens with one attached hydrogen (secondary N) is 1. The molecule has 2 N–H and O–H groups in total. The average Bonchev–Trinajstić information content (AvgIpc) is 2.96. The smallest absolute Gasteiger partial charge is 0.115 e. The minimum Gasteiger partial charge on any atom is -0.508 e. The summed E-state index contributed by atoms with van der Waals surface area (Å²) in [6.07, 6.45) is 5.08. The molecule has 1 unspecified atom stereocenters. The number of benzene rings is 1. The van der Waals surface area contributed by atoms with Gasteiger partial charge in [-0.25, -0.2) is 0 Å². The fraction of sp³-hybridized carbons (Fsp3) is 0.400. The number of nitrogens with zero attached hydrogens (tertiary/aromatic N) is 2. The molecule has 1 aliphatic carbocycles. The molecule has 1 heterocycles. The third-order valence-electron chi connectivity index (χ3n) is 3.75. The fourth-order valence-corrected chi connectivity index (χ4v) is 2.79. The van der Waals surface area contributed by atoms with Crippen molar-refractivity contribution in [2.45, 2.75) is 25.3 Å². The van der Waals surface area contributed by atoms with Gasteiger partial charge < -0.3 is 10.4 Å². The standard InChI is InChI=1S/C15H19N3O/c1-18-9-7-12(17-18)6-8-16-15-5-2-11-10-13(19)3-4-14(11)15/h3-4,7,9-10,15-16,19H,2,5-6,8H2,1H3. The van der Waals surface area contributed by atoms with Crippen molar-refractivity contribution in [3.05, 3.63) is 47.3 Å². The van der Waals surface area contributed by atoms with Crippen LogP contribution in [0.15, 0.2) is 30.5 Å². The van der Waals surface area contributed by atoms with Gasteiger partial charge in [0.05, 0.1) is 5.69 Å². The molecule has 0 saturated heterocycles. The highest BCUT2D eigenvalue weighted by Gasteiger charge is 2.21. The first-order valence-corrected chi connectivity index (χ1v) is 6.76. The number of rotatable bonds is 4. The molecule has 1 aromatic carbocycles. The molecule has 2 aromatic rings. The predicted molar refractivity (Wildman–Crippen MR) is 74.1 cm³/mol. The van der Waals surface area contributed by atoms with Crippen LogP contribution in [0.25, 0.3) is 0 Å². The number of fused-ring (bicyclic) bond motifs is 1. The highest BCUT2D eigenvalue weighted by Crippen LogP contribution is 2.33. The first-order valence-electron chi connectivity index (χ1n) is 6.76. The van der Waals surface area contributed by atoms with Gasteiger partial charge in [-0.3, -0.25) is 4.68 Å². The lowest BCUT2D eigenvalue weighted by Gasteiger charge is -2.13. The van der Waals surface area contributed by atoms with Crippen molar-refractivity contribution in [2.75, 3.05) is 6.54 Å². The maximum Gasteiger partial charge on any atom is 0.115 e. The normalized spacial score (nSPS) is 17.6. The minimum atomic E-state index is 0.368. The van der Waals surface area contributed by atoms with Crippen molar-refractivity contribution in [1.29, 1.82) is 0 Å². The van der Waals surface area contributed by atoms with E-state index in [1.54, 1.807) is 6.07 Å². The lowest BCUT2D eigenvalue weighted by molar-refractivity contribution is 0.474. The van der Waals surface area contributed by atoms with E-state index in [-0.39, 0.29) is 0 Å². The van der Waals surface area contributed by atoms with Gasteiger partial charge in [0.25, 0.3) is 0 Å². The van der Waals surface area contributed by atoms with Crippen molar-refractivity contribution < 1.29 is 5.11 Å². The number of phenols is 1. The molecule has 4 nitrogen and oxygen atoms in total. The van der Waals surface area contributed by atoms with Crippen LogP contribution in [0, 0.1) is 0 Å². The van der Waals surface area contributed by atoms with Crippen LogP contribution in [0.5, 0.6) is 5.75 Å². The van der Waals surface area contributed by atoms with Crippen LogP contribution in [0.2, 0.25) is 0 Å². The quantitative estimate of drug-likeness (QED) is 0.880. The number of hydrogen-bond acceptors (Lipinski definition) is 3. The molecule has 0 amide bonds. The molecule has 0 radical (unpaired) electrons. The van der Waals surface area contributed by atoms with Crippen LogP contribution in [-0.2, 0) is 19.9 Å². The molecular weight excluding hydrogens is 238 g/mol. The Labute approximate surface area is 113 Å². The van der Waals surface area contributed by atoms with E-state index in [1.807, 2.05) is 30.1 Å². The fourth-order valence-electron chi connectivity index (χ4n) is 2.79. The Balaban J connectivity index is 1.58. The molecule has 0 saturated carbocycles. The van der Waals surface area contributed by atoms with Gasteiger partial charge in [0.2, 0.25) is 0 Å². The molecule has 1 aliphatic rings. The Hall–Kier alpha value is -1.81. The van der Waals surface area contributed by atoms with Crippen molar-refractivity contribution in [3.8, 4) is 5.75 Å². The number of aromatic nitrogens is 2. The molecular formula is C15H19N3O. The van der Waals surface area contributed by atoms with Gasteiger partial charge in [-0.1, -0.05) is 6.07 Å². The van der Waals surface area contributed by atoms with Crippen LogP contribution in [0.3, 0.4) is 0 Å². The minimum absolute atomic E-state index is 0.368. The van der Waals surface area contributed by atoms with Crippen LogP contribution in [0.1, 0.15) is 29.3 Å². The average molecular weight is 257 g/mol. The Bertz CT molecular complexity index is 577. The van der Waals surface area contributed by atoms with Crippen molar-refractivity contribution >= 4 is 0 Å². The monoisotopic (exact) mass is 257 g/mol. The summed E-state index contributed by atoms with van der Waals surface area (Å²) in [4.78, 5) is 0. The van der Waals surface area contributed by atoms with E-state index in [2.05, 4.69) is 16.5 Å². The van der Waals surface area contributed by atoms with Gasteiger partial charge in [0.1, 0.15) is 5.75 Å². The highest BCUT2D eigenvalue weighted by atomic mass is 16.3. The lowest BCUT2D eigenvalue weighted by atomic mass is 10.1. The van der Waals surface area contributed by atoms with E-state index in [0.29, 0.717) is 11.8 Å². The van der Waals surface area contributed by atoms with Crippen LogP contribution in [-0.4, -0.2) is 21.4 Å². The van der Waals surface area contributed by atoms with Crippen molar-refractivity contribution in [3.63, 3.8) is 0 Å². The number of aryl methyl sites for hydroxylation is 2. The Morgan fingerprint density at radius 1 is 1.42 bits per heavy atom. The molecule has 3 rings (SSSR count). The molecule has 0 bridgehead atoms. The topological polar surface area (TPSA) is 50.1 Å². The maximum atomic E-state index is 9.48. The zero-order valence-corrected chi connectivity index (χ0v) is 11.1. The molecule has 19 heavy (non-hydrogen) atoms. The number of aromatic hydroxyl groups is 1. The molecule has 1 aromatic heterocycles. The van der Waals surface area contributed by atoms with Gasteiger partial charge >= 0.3 is 0 Å². The van der Waals surface area contributed by atoms with E-state index >= 15 is 0 Å². The summed E-state index contributed by atoms with van der Waals surface area (Å²) in [7, 11) is 1.94. The zero-order chi connectivity index (χ0) is 13.2. The molecule has 1 atom stereocenters. The Kier molecular flexibility index (Phi) is 3.25. The molecule has 0 spiro atoms.